The van der Waals surface area contributed by atoms with Gasteiger partial charge in [0.25, 0.3) is 0 Å². The molecule has 1 unspecified atom stereocenters. The molecule has 20 heavy (non-hydrogen) atoms. The molecule has 3 aliphatic heterocycles. The summed E-state index contributed by atoms with van der Waals surface area (Å²) < 4.78 is 28.1. The summed E-state index contributed by atoms with van der Waals surface area (Å²) in [6, 6.07) is 3.47. The van der Waals surface area contributed by atoms with Crippen LogP contribution in [0.2, 0.25) is 0 Å². The fourth-order valence-corrected chi connectivity index (χ4v) is 5.76. The number of hydrogen-bond donors (Lipinski definition) is 2. The van der Waals surface area contributed by atoms with E-state index in [4.69, 9.17) is 5.11 Å². The van der Waals surface area contributed by atoms with Crippen molar-refractivity contribution in [1.82, 2.24) is 9.62 Å². The van der Waals surface area contributed by atoms with Crippen molar-refractivity contribution in [1.29, 1.82) is 0 Å². The lowest BCUT2D eigenvalue weighted by Crippen LogP contribution is -2.57. The molecule has 1 atom stereocenters. The van der Waals surface area contributed by atoms with E-state index in [2.05, 4.69) is 9.62 Å². The number of aliphatic hydroxyl groups is 1. The number of hydrogen-bond acceptors (Lipinski definition) is 5. The van der Waals surface area contributed by atoms with Gasteiger partial charge in [0.2, 0.25) is 10.0 Å². The molecule has 0 radical (unpaired) electrons. The molecule has 7 heteroatoms. The van der Waals surface area contributed by atoms with Crippen LogP contribution in [0.1, 0.15) is 17.7 Å². The minimum Gasteiger partial charge on any atom is -0.396 e. The molecule has 112 valence electrons. The Balaban J connectivity index is 1.71. The van der Waals surface area contributed by atoms with Crippen molar-refractivity contribution in [3.8, 4) is 0 Å². The van der Waals surface area contributed by atoms with Crippen molar-refractivity contribution in [3.05, 3.63) is 17.0 Å². The second-order valence-corrected chi connectivity index (χ2v) is 8.67. The van der Waals surface area contributed by atoms with E-state index < -0.39 is 10.0 Å². The van der Waals surface area contributed by atoms with E-state index in [1.54, 1.807) is 12.1 Å². The van der Waals surface area contributed by atoms with Crippen LogP contribution in [0.4, 0.5) is 0 Å². The highest BCUT2D eigenvalue weighted by molar-refractivity contribution is 7.91. The van der Waals surface area contributed by atoms with Gasteiger partial charge in [-0.1, -0.05) is 0 Å². The van der Waals surface area contributed by atoms with Crippen LogP contribution < -0.4 is 4.72 Å². The number of rotatable bonds is 5. The van der Waals surface area contributed by atoms with E-state index >= 15 is 0 Å². The number of aliphatic hydroxyl groups excluding tert-OH is 1. The third kappa shape index (κ3) is 2.92. The van der Waals surface area contributed by atoms with Crippen LogP contribution in [0.15, 0.2) is 16.3 Å². The number of fused-ring (bicyclic) bond motifs is 3. The summed E-state index contributed by atoms with van der Waals surface area (Å²) in [5.74, 6) is 0.478. The predicted molar refractivity (Wildman–Crippen MR) is 78.4 cm³/mol. The minimum absolute atomic E-state index is 0.0471. The van der Waals surface area contributed by atoms with Gasteiger partial charge >= 0.3 is 0 Å². The van der Waals surface area contributed by atoms with Crippen LogP contribution in [-0.2, 0) is 16.4 Å². The van der Waals surface area contributed by atoms with Crippen molar-refractivity contribution < 1.29 is 13.5 Å². The topological polar surface area (TPSA) is 69.6 Å². The first kappa shape index (κ1) is 14.5. The van der Waals surface area contributed by atoms with Gasteiger partial charge in [-0.15, -0.1) is 11.3 Å². The summed E-state index contributed by atoms with van der Waals surface area (Å²) in [6.45, 7) is 3.08. The maximum absolute atomic E-state index is 12.4. The highest BCUT2D eigenvalue weighted by Crippen LogP contribution is 2.29. The molecule has 1 aromatic rings. The molecular weight excluding hydrogens is 296 g/mol. The lowest BCUT2D eigenvalue weighted by atomic mass is 9.85. The van der Waals surface area contributed by atoms with Gasteiger partial charge in [0, 0.05) is 30.5 Å². The number of nitrogens with zero attached hydrogens (tertiary/aromatic N) is 1. The molecule has 1 aromatic heterocycles. The normalized spacial score (nSPS) is 29.8. The number of piperidine rings is 3. The third-order valence-corrected chi connectivity index (χ3v) is 7.35. The summed E-state index contributed by atoms with van der Waals surface area (Å²) in [5, 5.41) is 8.90. The van der Waals surface area contributed by atoms with Gasteiger partial charge in [0.15, 0.2) is 0 Å². The number of thiophene rings is 1. The molecule has 0 spiro atoms. The molecule has 3 saturated heterocycles. The van der Waals surface area contributed by atoms with Crippen molar-refractivity contribution in [2.75, 3.05) is 26.2 Å². The maximum Gasteiger partial charge on any atom is 0.250 e. The van der Waals surface area contributed by atoms with Crippen molar-refractivity contribution in [2.45, 2.75) is 29.5 Å². The van der Waals surface area contributed by atoms with E-state index in [1.807, 2.05) is 0 Å². The SMILES string of the molecule is O=S(=O)(NC1CN2CCC1CC2)c1ccc(CCO)s1. The summed E-state index contributed by atoms with van der Waals surface area (Å²) >= 11 is 1.25. The van der Waals surface area contributed by atoms with Gasteiger partial charge in [-0.3, -0.25) is 0 Å². The lowest BCUT2D eigenvalue weighted by molar-refractivity contribution is 0.0827. The Hall–Kier alpha value is -0.470. The Morgan fingerprint density at radius 3 is 2.70 bits per heavy atom. The van der Waals surface area contributed by atoms with Gasteiger partial charge in [0.1, 0.15) is 4.21 Å². The van der Waals surface area contributed by atoms with Gasteiger partial charge in [-0.2, -0.15) is 0 Å². The molecule has 3 fully saturated rings. The Kier molecular flexibility index (Phi) is 4.14. The molecule has 4 rings (SSSR count). The molecule has 4 heterocycles. The fraction of sp³-hybridized carbons (Fsp3) is 0.692. The first-order chi connectivity index (χ1) is 9.58. The molecule has 5 nitrogen and oxygen atoms in total. The molecule has 0 aromatic carbocycles. The highest BCUT2D eigenvalue weighted by Gasteiger charge is 2.36. The Labute approximate surface area is 123 Å². The van der Waals surface area contributed by atoms with Crippen molar-refractivity contribution in [2.24, 2.45) is 5.92 Å². The van der Waals surface area contributed by atoms with Crippen molar-refractivity contribution >= 4 is 21.4 Å². The monoisotopic (exact) mass is 316 g/mol. The Bertz CT molecular complexity index is 562. The first-order valence-electron chi connectivity index (χ1n) is 7.03. The standard InChI is InChI=1S/C13H20N2O3S2/c16-8-5-11-1-2-13(19-11)20(17,18)14-12-9-15-6-3-10(12)4-7-15/h1-2,10,12,14,16H,3-9H2. The molecule has 0 aliphatic carbocycles. The Morgan fingerprint density at radius 1 is 1.35 bits per heavy atom. The average Bonchev–Trinajstić information content (AvgIpc) is 2.90. The third-order valence-electron chi connectivity index (χ3n) is 4.22. The second kappa shape index (κ2) is 5.73. The minimum atomic E-state index is -3.42. The van der Waals surface area contributed by atoms with Gasteiger partial charge < -0.3 is 10.0 Å². The van der Waals surface area contributed by atoms with E-state index in [0.29, 0.717) is 16.5 Å². The smallest absolute Gasteiger partial charge is 0.250 e. The molecular formula is C13H20N2O3S2. The summed E-state index contributed by atoms with van der Waals surface area (Å²) in [5.41, 5.74) is 0. The van der Waals surface area contributed by atoms with Crippen LogP contribution in [0.5, 0.6) is 0 Å². The lowest BCUT2D eigenvalue weighted by Gasteiger charge is -2.44. The average molecular weight is 316 g/mol. The van der Waals surface area contributed by atoms with E-state index in [-0.39, 0.29) is 12.6 Å². The number of nitrogens with one attached hydrogen (secondary N) is 1. The molecule has 0 saturated carbocycles. The summed E-state index contributed by atoms with van der Waals surface area (Å²) in [4.78, 5) is 3.24. The summed E-state index contributed by atoms with van der Waals surface area (Å²) in [6.07, 6.45) is 2.70. The van der Waals surface area contributed by atoms with Crippen LogP contribution >= 0.6 is 11.3 Å². The second-order valence-electron chi connectivity index (χ2n) is 5.56. The molecule has 3 aliphatic rings. The number of sulfonamides is 1. The van der Waals surface area contributed by atoms with Gasteiger partial charge in [0.05, 0.1) is 0 Å². The quantitative estimate of drug-likeness (QED) is 0.837. The van der Waals surface area contributed by atoms with E-state index in [1.165, 1.54) is 11.3 Å². The zero-order chi connectivity index (χ0) is 14.2. The largest absolute Gasteiger partial charge is 0.396 e. The molecule has 2 N–H and O–H groups in total. The predicted octanol–water partition coefficient (Wildman–Crippen LogP) is 0.655. The first-order valence-corrected chi connectivity index (χ1v) is 9.33. The van der Waals surface area contributed by atoms with Crippen LogP contribution in [0, 0.1) is 5.92 Å². The zero-order valence-corrected chi connectivity index (χ0v) is 12.9. The fourth-order valence-electron chi connectivity index (χ4n) is 3.10. The molecule has 2 bridgehead atoms. The summed E-state index contributed by atoms with van der Waals surface area (Å²) in [7, 11) is -3.42. The Morgan fingerprint density at radius 2 is 2.10 bits per heavy atom. The van der Waals surface area contributed by atoms with Gasteiger partial charge in [-0.05, 0) is 44.0 Å². The zero-order valence-electron chi connectivity index (χ0n) is 11.3. The highest BCUT2D eigenvalue weighted by atomic mass is 32.2. The van der Waals surface area contributed by atoms with Crippen LogP contribution in [-0.4, -0.2) is 50.7 Å². The van der Waals surface area contributed by atoms with E-state index in [9.17, 15) is 8.42 Å². The van der Waals surface area contributed by atoms with E-state index in [0.717, 1.165) is 37.4 Å². The maximum atomic E-state index is 12.4. The molecule has 0 amide bonds. The van der Waals surface area contributed by atoms with Crippen LogP contribution in [0.25, 0.3) is 0 Å². The van der Waals surface area contributed by atoms with Crippen molar-refractivity contribution in [3.63, 3.8) is 0 Å². The van der Waals surface area contributed by atoms with Crippen LogP contribution in [0.3, 0.4) is 0 Å². The van der Waals surface area contributed by atoms with Gasteiger partial charge in [-0.25, -0.2) is 13.1 Å².